The van der Waals surface area contributed by atoms with Crippen LogP contribution in [0.25, 0.3) is 0 Å². The van der Waals surface area contributed by atoms with E-state index in [1.54, 1.807) is 24.3 Å². The molecular weight excluding hydrogens is 245 g/mol. The predicted octanol–water partition coefficient (Wildman–Crippen LogP) is 2.37. The van der Waals surface area contributed by atoms with Crippen LogP contribution in [-0.4, -0.2) is 17.9 Å². The number of hydrogen-bond acceptors (Lipinski definition) is 3. The molecule has 0 aliphatic rings. The highest BCUT2D eigenvalue weighted by atomic mass is 19.1. The monoisotopic (exact) mass is 255 g/mol. The van der Waals surface area contributed by atoms with Crippen molar-refractivity contribution in [2.24, 2.45) is 0 Å². The average molecular weight is 255 g/mol. The number of anilines is 1. The number of carbonyl (C=O) groups is 1. The summed E-state index contributed by atoms with van der Waals surface area (Å²) in [6, 6.07) is 9.83. The first-order valence-corrected chi connectivity index (χ1v) is 5.51. The number of nitrogens with zero attached hydrogens (tertiary/aromatic N) is 3. The highest BCUT2D eigenvalue weighted by molar-refractivity contribution is 6.06. The second-order valence-electron chi connectivity index (χ2n) is 3.88. The van der Waals surface area contributed by atoms with Crippen LogP contribution >= 0.6 is 0 Å². The third kappa shape index (κ3) is 2.58. The van der Waals surface area contributed by atoms with Crippen LogP contribution in [-0.2, 0) is 0 Å². The van der Waals surface area contributed by atoms with E-state index in [9.17, 15) is 9.18 Å². The van der Waals surface area contributed by atoms with E-state index < -0.39 is 11.7 Å². The molecule has 0 N–H and O–H groups in total. The number of nitriles is 1. The molecule has 0 saturated heterocycles. The van der Waals surface area contributed by atoms with E-state index in [2.05, 4.69) is 4.98 Å². The third-order valence-corrected chi connectivity index (χ3v) is 2.64. The fraction of sp³-hybridized carbons (Fsp3) is 0.0714. The van der Waals surface area contributed by atoms with Crippen LogP contribution in [0.1, 0.15) is 15.9 Å². The molecule has 0 bridgehead atoms. The number of amides is 1. The number of para-hydroxylation sites is 1. The molecule has 5 heteroatoms. The van der Waals surface area contributed by atoms with Gasteiger partial charge in [-0.15, -0.1) is 0 Å². The Bertz CT molecular complexity index is 664. The summed E-state index contributed by atoms with van der Waals surface area (Å²) >= 11 is 0. The summed E-state index contributed by atoms with van der Waals surface area (Å²) in [6.45, 7) is 0. The summed E-state index contributed by atoms with van der Waals surface area (Å²) in [6.07, 6.45) is 2.32. The van der Waals surface area contributed by atoms with Gasteiger partial charge in [0.15, 0.2) is 0 Å². The average Bonchev–Trinajstić information content (AvgIpc) is 2.45. The van der Waals surface area contributed by atoms with Crippen molar-refractivity contribution in [3.8, 4) is 6.07 Å². The van der Waals surface area contributed by atoms with E-state index in [0.717, 1.165) is 12.3 Å². The van der Waals surface area contributed by atoms with E-state index in [0.29, 0.717) is 11.3 Å². The third-order valence-electron chi connectivity index (χ3n) is 2.64. The molecule has 0 atom stereocenters. The van der Waals surface area contributed by atoms with Crippen LogP contribution in [0.5, 0.6) is 0 Å². The van der Waals surface area contributed by atoms with Crippen molar-refractivity contribution in [2.75, 3.05) is 11.9 Å². The number of carbonyl (C=O) groups excluding carboxylic acids is 1. The van der Waals surface area contributed by atoms with Gasteiger partial charge in [0.1, 0.15) is 11.9 Å². The Balaban J connectivity index is 2.37. The van der Waals surface area contributed by atoms with Gasteiger partial charge in [-0.1, -0.05) is 12.1 Å². The predicted molar refractivity (Wildman–Crippen MR) is 68.1 cm³/mol. The van der Waals surface area contributed by atoms with Crippen LogP contribution in [0.4, 0.5) is 10.1 Å². The number of pyridine rings is 1. The van der Waals surface area contributed by atoms with E-state index >= 15 is 0 Å². The zero-order valence-electron chi connectivity index (χ0n) is 10.2. The Morgan fingerprint density at radius 3 is 2.79 bits per heavy atom. The van der Waals surface area contributed by atoms with Crippen molar-refractivity contribution in [1.82, 2.24) is 4.98 Å². The van der Waals surface area contributed by atoms with Crippen molar-refractivity contribution < 1.29 is 9.18 Å². The Labute approximate surface area is 109 Å². The molecule has 0 aliphatic carbocycles. The standard InChI is InChI=1S/C14H10FN3O/c1-18(13-5-3-2-4-10(13)7-16)14(19)11-6-12(15)9-17-8-11/h2-6,8-9H,1H3. The largest absolute Gasteiger partial charge is 0.310 e. The summed E-state index contributed by atoms with van der Waals surface area (Å²) in [4.78, 5) is 17.1. The van der Waals surface area contributed by atoms with Gasteiger partial charge in [-0.3, -0.25) is 9.78 Å². The molecule has 19 heavy (non-hydrogen) atoms. The lowest BCUT2D eigenvalue weighted by atomic mass is 10.1. The Kier molecular flexibility index (Phi) is 3.53. The fourth-order valence-corrected chi connectivity index (χ4v) is 1.69. The van der Waals surface area contributed by atoms with Crippen LogP contribution in [0.3, 0.4) is 0 Å². The molecule has 0 fully saturated rings. The molecule has 94 valence electrons. The van der Waals surface area contributed by atoms with E-state index in [4.69, 9.17) is 5.26 Å². The van der Waals surface area contributed by atoms with Gasteiger partial charge in [0.25, 0.3) is 5.91 Å². The minimum Gasteiger partial charge on any atom is -0.310 e. The lowest BCUT2D eigenvalue weighted by Crippen LogP contribution is -2.27. The van der Waals surface area contributed by atoms with Crippen LogP contribution in [0.2, 0.25) is 0 Å². The molecule has 2 rings (SSSR count). The van der Waals surface area contributed by atoms with Gasteiger partial charge in [0.05, 0.1) is 23.0 Å². The normalized spacial score (nSPS) is 9.74. The minimum atomic E-state index is -0.576. The minimum absolute atomic E-state index is 0.134. The lowest BCUT2D eigenvalue weighted by Gasteiger charge is -2.18. The number of halogens is 1. The van der Waals surface area contributed by atoms with Crippen LogP contribution < -0.4 is 4.90 Å². The van der Waals surface area contributed by atoms with Crippen LogP contribution in [0, 0.1) is 17.1 Å². The van der Waals surface area contributed by atoms with Crippen molar-refractivity contribution in [3.63, 3.8) is 0 Å². The zero-order valence-corrected chi connectivity index (χ0v) is 10.2. The lowest BCUT2D eigenvalue weighted by molar-refractivity contribution is 0.0992. The molecule has 1 heterocycles. The molecule has 0 unspecified atom stereocenters. The van der Waals surface area contributed by atoms with Crippen molar-refractivity contribution >= 4 is 11.6 Å². The van der Waals surface area contributed by atoms with Crippen molar-refractivity contribution in [2.45, 2.75) is 0 Å². The fourth-order valence-electron chi connectivity index (χ4n) is 1.69. The Morgan fingerprint density at radius 1 is 1.37 bits per heavy atom. The molecule has 2 aromatic rings. The number of rotatable bonds is 2. The van der Waals surface area contributed by atoms with Gasteiger partial charge in [-0.2, -0.15) is 5.26 Å². The topological polar surface area (TPSA) is 57.0 Å². The van der Waals surface area contributed by atoms with E-state index in [1.807, 2.05) is 6.07 Å². The second kappa shape index (κ2) is 5.27. The molecule has 1 amide bonds. The first kappa shape index (κ1) is 12.7. The van der Waals surface area contributed by atoms with Gasteiger partial charge in [-0.05, 0) is 18.2 Å². The summed E-state index contributed by atoms with van der Waals surface area (Å²) in [5.41, 5.74) is 0.984. The van der Waals surface area contributed by atoms with Gasteiger partial charge in [0.2, 0.25) is 0 Å². The molecule has 0 radical (unpaired) electrons. The molecule has 4 nitrogen and oxygen atoms in total. The highest BCUT2D eigenvalue weighted by Crippen LogP contribution is 2.20. The summed E-state index contributed by atoms with van der Waals surface area (Å²) in [7, 11) is 1.53. The molecule has 1 aromatic carbocycles. The highest BCUT2D eigenvalue weighted by Gasteiger charge is 2.16. The van der Waals surface area contributed by atoms with Crippen LogP contribution in [0.15, 0.2) is 42.7 Å². The van der Waals surface area contributed by atoms with Crippen molar-refractivity contribution in [3.05, 3.63) is 59.7 Å². The Hall–Kier alpha value is -2.74. The number of benzene rings is 1. The van der Waals surface area contributed by atoms with Gasteiger partial charge >= 0.3 is 0 Å². The first-order valence-electron chi connectivity index (χ1n) is 5.51. The second-order valence-corrected chi connectivity index (χ2v) is 3.88. The first-order chi connectivity index (χ1) is 9.13. The molecule has 0 spiro atoms. The summed E-state index contributed by atoms with van der Waals surface area (Å²) in [5, 5.41) is 9.00. The Morgan fingerprint density at radius 2 is 2.11 bits per heavy atom. The molecule has 0 aliphatic heterocycles. The molecular formula is C14H10FN3O. The molecule has 1 aromatic heterocycles. The maximum atomic E-state index is 13.1. The smallest absolute Gasteiger partial charge is 0.259 e. The number of hydrogen-bond donors (Lipinski definition) is 0. The summed E-state index contributed by atoms with van der Waals surface area (Å²) < 4.78 is 13.1. The van der Waals surface area contributed by atoms with Gasteiger partial charge in [0, 0.05) is 13.2 Å². The number of aromatic nitrogens is 1. The maximum absolute atomic E-state index is 13.1. The van der Waals surface area contributed by atoms with Gasteiger partial charge in [-0.25, -0.2) is 4.39 Å². The van der Waals surface area contributed by atoms with E-state index in [1.165, 1.54) is 18.1 Å². The summed E-state index contributed by atoms with van der Waals surface area (Å²) in [5.74, 6) is -0.998. The van der Waals surface area contributed by atoms with Crippen molar-refractivity contribution in [1.29, 1.82) is 5.26 Å². The quantitative estimate of drug-likeness (QED) is 0.827. The van der Waals surface area contributed by atoms with E-state index in [-0.39, 0.29) is 5.56 Å². The maximum Gasteiger partial charge on any atom is 0.259 e. The zero-order chi connectivity index (χ0) is 13.8. The SMILES string of the molecule is CN(C(=O)c1cncc(F)c1)c1ccccc1C#N. The molecule has 0 saturated carbocycles. The van der Waals surface area contributed by atoms with Gasteiger partial charge < -0.3 is 4.90 Å².